The number of nitrogens with zero attached hydrogens (tertiary/aromatic N) is 1. The molecule has 1 aliphatic rings. The lowest BCUT2D eigenvalue weighted by atomic mass is 10.1. The van der Waals surface area contributed by atoms with Crippen molar-refractivity contribution in [3.63, 3.8) is 0 Å². The van der Waals surface area contributed by atoms with Crippen LogP contribution in [0.4, 0.5) is 5.69 Å². The first-order valence-corrected chi connectivity index (χ1v) is 6.30. The number of carboxylic acids is 1. The second-order valence-corrected chi connectivity index (χ2v) is 4.76. The van der Waals surface area contributed by atoms with Crippen LogP contribution in [0.2, 0.25) is 0 Å². The predicted molar refractivity (Wildman–Crippen MR) is 73.0 cm³/mol. The van der Waals surface area contributed by atoms with E-state index in [1.54, 1.807) is 6.07 Å². The van der Waals surface area contributed by atoms with E-state index in [0.29, 0.717) is 10.9 Å². The summed E-state index contributed by atoms with van der Waals surface area (Å²) < 4.78 is 0. The van der Waals surface area contributed by atoms with Gasteiger partial charge < -0.3 is 15.0 Å². The number of nitrogens with one attached hydrogen (secondary N) is 1. The van der Waals surface area contributed by atoms with Crippen molar-refractivity contribution in [1.29, 1.82) is 0 Å². The standard InChI is InChI=1S/C14H14N2O3/c17-13-10-7-9(16-5-1-2-6-16)3-4-12(10)15-8-11(13)14(18)19/h3-4,7-8H,1-2,5-6H2,(H,15,17)(H,18,19). The second kappa shape index (κ2) is 4.42. The third-order valence-corrected chi connectivity index (χ3v) is 3.57. The quantitative estimate of drug-likeness (QED) is 0.861. The Labute approximate surface area is 109 Å². The van der Waals surface area contributed by atoms with Gasteiger partial charge in [0.05, 0.1) is 0 Å². The van der Waals surface area contributed by atoms with Crippen LogP contribution in [-0.2, 0) is 0 Å². The monoisotopic (exact) mass is 258 g/mol. The number of rotatable bonds is 2. The molecular formula is C14H14N2O3. The van der Waals surface area contributed by atoms with Gasteiger partial charge in [0.2, 0.25) is 5.43 Å². The van der Waals surface area contributed by atoms with Gasteiger partial charge in [0.15, 0.2) is 0 Å². The zero-order valence-corrected chi connectivity index (χ0v) is 10.3. The van der Waals surface area contributed by atoms with Crippen LogP contribution in [0.3, 0.4) is 0 Å². The molecule has 5 heteroatoms. The van der Waals surface area contributed by atoms with Gasteiger partial charge in [-0.2, -0.15) is 0 Å². The summed E-state index contributed by atoms with van der Waals surface area (Å²) in [4.78, 5) is 28.2. The van der Waals surface area contributed by atoms with Crippen LogP contribution in [0.25, 0.3) is 10.9 Å². The second-order valence-electron chi connectivity index (χ2n) is 4.76. The van der Waals surface area contributed by atoms with Gasteiger partial charge in [0.1, 0.15) is 5.56 Å². The number of pyridine rings is 1. The van der Waals surface area contributed by atoms with Crippen LogP contribution in [0.5, 0.6) is 0 Å². The molecule has 0 spiro atoms. The van der Waals surface area contributed by atoms with E-state index in [4.69, 9.17) is 5.11 Å². The smallest absolute Gasteiger partial charge is 0.341 e. The molecule has 0 unspecified atom stereocenters. The summed E-state index contributed by atoms with van der Waals surface area (Å²) in [5.41, 5.74) is 1.00. The van der Waals surface area contributed by atoms with Crippen molar-refractivity contribution in [1.82, 2.24) is 4.98 Å². The van der Waals surface area contributed by atoms with Crippen molar-refractivity contribution in [2.75, 3.05) is 18.0 Å². The Morgan fingerprint density at radius 3 is 2.68 bits per heavy atom. The number of anilines is 1. The highest BCUT2D eigenvalue weighted by atomic mass is 16.4. The fourth-order valence-corrected chi connectivity index (χ4v) is 2.54. The number of aromatic nitrogens is 1. The van der Waals surface area contributed by atoms with E-state index in [1.807, 2.05) is 12.1 Å². The normalized spacial score (nSPS) is 15.1. The van der Waals surface area contributed by atoms with Crippen molar-refractivity contribution in [3.8, 4) is 0 Å². The van der Waals surface area contributed by atoms with Crippen molar-refractivity contribution in [2.45, 2.75) is 12.8 Å². The minimum Gasteiger partial charge on any atom is -0.477 e. The van der Waals surface area contributed by atoms with E-state index in [2.05, 4.69) is 9.88 Å². The van der Waals surface area contributed by atoms with E-state index in [1.165, 1.54) is 6.20 Å². The number of aromatic amines is 1. The highest BCUT2D eigenvalue weighted by molar-refractivity contribution is 5.93. The molecule has 1 saturated heterocycles. The third kappa shape index (κ3) is 1.97. The summed E-state index contributed by atoms with van der Waals surface area (Å²) in [6.07, 6.45) is 3.57. The summed E-state index contributed by atoms with van der Waals surface area (Å²) in [6.45, 7) is 1.98. The Morgan fingerprint density at radius 2 is 2.00 bits per heavy atom. The van der Waals surface area contributed by atoms with Crippen molar-refractivity contribution >= 4 is 22.6 Å². The van der Waals surface area contributed by atoms with Crippen LogP contribution in [-0.4, -0.2) is 29.1 Å². The maximum Gasteiger partial charge on any atom is 0.341 e. The molecule has 1 aromatic carbocycles. The molecule has 0 bridgehead atoms. The number of carbonyl (C=O) groups is 1. The first kappa shape index (κ1) is 11.8. The Kier molecular flexibility index (Phi) is 2.74. The minimum absolute atomic E-state index is 0.217. The molecule has 19 heavy (non-hydrogen) atoms. The van der Waals surface area contributed by atoms with Gasteiger partial charge in [-0.25, -0.2) is 4.79 Å². The average molecular weight is 258 g/mol. The molecule has 0 aliphatic carbocycles. The van der Waals surface area contributed by atoms with E-state index < -0.39 is 11.4 Å². The molecule has 1 aromatic heterocycles. The van der Waals surface area contributed by atoms with Gasteiger partial charge in [-0.1, -0.05) is 0 Å². The number of hydrogen-bond acceptors (Lipinski definition) is 3. The molecule has 0 saturated carbocycles. The Hall–Kier alpha value is -2.30. The van der Waals surface area contributed by atoms with E-state index in [0.717, 1.165) is 31.6 Å². The molecule has 3 rings (SSSR count). The molecule has 5 nitrogen and oxygen atoms in total. The van der Waals surface area contributed by atoms with Crippen LogP contribution >= 0.6 is 0 Å². The fraction of sp³-hybridized carbons (Fsp3) is 0.286. The molecule has 0 atom stereocenters. The number of aromatic carboxylic acids is 1. The zero-order chi connectivity index (χ0) is 13.4. The number of H-pyrrole nitrogens is 1. The first-order valence-electron chi connectivity index (χ1n) is 6.30. The predicted octanol–water partition coefficient (Wildman–Crippen LogP) is 1.83. The largest absolute Gasteiger partial charge is 0.477 e. The number of carboxylic acid groups (broad SMARTS) is 1. The van der Waals surface area contributed by atoms with Crippen molar-refractivity contribution in [3.05, 3.63) is 40.2 Å². The summed E-state index contributed by atoms with van der Waals surface area (Å²) in [5.74, 6) is -1.20. The van der Waals surface area contributed by atoms with Gasteiger partial charge in [0, 0.05) is 35.9 Å². The lowest BCUT2D eigenvalue weighted by Gasteiger charge is -2.17. The van der Waals surface area contributed by atoms with E-state index in [-0.39, 0.29) is 5.56 Å². The molecule has 2 aromatic rings. The number of benzene rings is 1. The Morgan fingerprint density at radius 1 is 1.26 bits per heavy atom. The van der Waals surface area contributed by atoms with E-state index in [9.17, 15) is 9.59 Å². The fourth-order valence-electron chi connectivity index (χ4n) is 2.54. The highest BCUT2D eigenvalue weighted by Gasteiger charge is 2.15. The number of fused-ring (bicyclic) bond motifs is 1. The van der Waals surface area contributed by atoms with Crippen LogP contribution < -0.4 is 10.3 Å². The maximum atomic E-state index is 12.1. The van der Waals surface area contributed by atoms with Crippen LogP contribution in [0.1, 0.15) is 23.2 Å². The first-order chi connectivity index (χ1) is 9.16. The van der Waals surface area contributed by atoms with Gasteiger partial charge in [-0.3, -0.25) is 4.79 Å². The molecular weight excluding hydrogens is 244 g/mol. The summed E-state index contributed by atoms with van der Waals surface area (Å²) in [5, 5.41) is 9.41. The zero-order valence-electron chi connectivity index (χ0n) is 10.3. The third-order valence-electron chi connectivity index (χ3n) is 3.57. The molecule has 2 heterocycles. The molecule has 98 valence electrons. The lowest BCUT2D eigenvalue weighted by molar-refractivity contribution is 0.0695. The topological polar surface area (TPSA) is 73.4 Å². The van der Waals surface area contributed by atoms with Crippen molar-refractivity contribution in [2.24, 2.45) is 0 Å². The summed E-state index contributed by atoms with van der Waals surface area (Å²) in [6, 6.07) is 5.58. The summed E-state index contributed by atoms with van der Waals surface area (Å²) in [7, 11) is 0. The Balaban J connectivity index is 2.17. The van der Waals surface area contributed by atoms with Gasteiger partial charge >= 0.3 is 5.97 Å². The number of hydrogen-bond donors (Lipinski definition) is 2. The van der Waals surface area contributed by atoms with E-state index >= 15 is 0 Å². The van der Waals surface area contributed by atoms with Crippen molar-refractivity contribution < 1.29 is 9.90 Å². The minimum atomic E-state index is -1.20. The maximum absolute atomic E-state index is 12.1. The molecule has 2 N–H and O–H groups in total. The molecule has 1 aliphatic heterocycles. The van der Waals surface area contributed by atoms with Crippen LogP contribution in [0.15, 0.2) is 29.2 Å². The SMILES string of the molecule is O=C(O)c1c[nH]c2ccc(N3CCCC3)cc2c1=O. The summed E-state index contributed by atoms with van der Waals surface area (Å²) >= 11 is 0. The molecule has 0 amide bonds. The molecule has 1 fully saturated rings. The Bertz CT molecular complexity index is 699. The lowest BCUT2D eigenvalue weighted by Crippen LogP contribution is -2.19. The van der Waals surface area contributed by atoms with Gasteiger partial charge in [-0.05, 0) is 31.0 Å². The van der Waals surface area contributed by atoms with Gasteiger partial charge in [0.25, 0.3) is 0 Å². The van der Waals surface area contributed by atoms with Gasteiger partial charge in [-0.15, -0.1) is 0 Å². The molecule has 0 radical (unpaired) electrons. The average Bonchev–Trinajstić information content (AvgIpc) is 2.92. The highest BCUT2D eigenvalue weighted by Crippen LogP contribution is 2.23. The van der Waals surface area contributed by atoms with Crippen LogP contribution in [0, 0.1) is 0 Å².